The Bertz CT molecular complexity index is 252. The van der Waals surface area contributed by atoms with Gasteiger partial charge in [0, 0.05) is 18.2 Å². The molecule has 0 aliphatic heterocycles. The molecule has 0 saturated heterocycles. The lowest BCUT2D eigenvalue weighted by atomic mass is 10.2. The van der Waals surface area contributed by atoms with Gasteiger partial charge >= 0.3 is 5.97 Å². The minimum atomic E-state index is -0.301. The molecule has 0 heterocycles. The van der Waals surface area contributed by atoms with E-state index in [0.717, 1.165) is 25.9 Å². The molecule has 0 aliphatic carbocycles. The van der Waals surface area contributed by atoms with Gasteiger partial charge in [0.2, 0.25) is 0 Å². The van der Waals surface area contributed by atoms with Crippen LogP contribution in [-0.2, 0) is 9.53 Å². The predicted molar refractivity (Wildman–Crippen MR) is 75.6 cm³/mol. The fourth-order valence-electron chi connectivity index (χ4n) is 1.41. The Hall–Kier alpha value is -0.870. The van der Waals surface area contributed by atoms with Gasteiger partial charge in [0.25, 0.3) is 0 Å². The first-order valence-electron chi connectivity index (χ1n) is 6.74. The van der Waals surface area contributed by atoms with Crippen LogP contribution in [0.25, 0.3) is 0 Å². The van der Waals surface area contributed by atoms with Crippen molar-refractivity contribution >= 4 is 5.97 Å². The standard InChI is InChI=1S/C14H28N2O2/c1-6-18-14(17)13(4)11-15-9-7-8-10-16(5)12(2)3/h12,15H,4,6-11H2,1-3,5H3. The average molecular weight is 256 g/mol. The smallest absolute Gasteiger partial charge is 0.334 e. The van der Waals surface area contributed by atoms with E-state index in [2.05, 4.69) is 37.7 Å². The Morgan fingerprint density at radius 2 is 2.06 bits per heavy atom. The molecule has 0 amide bonds. The molecule has 0 fully saturated rings. The number of rotatable bonds is 10. The van der Waals surface area contributed by atoms with E-state index in [9.17, 15) is 4.79 Å². The van der Waals surface area contributed by atoms with E-state index in [1.54, 1.807) is 6.92 Å². The van der Waals surface area contributed by atoms with Crippen LogP contribution in [0.2, 0.25) is 0 Å². The minimum absolute atomic E-state index is 0.301. The summed E-state index contributed by atoms with van der Waals surface area (Å²) in [5.41, 5.74) is 0.496. The van der Waals surface area contributed by atoms with Gasteiger partial charge in [-0.05, 0) is 53.8 Å². The van der Waals surface area contributed by atoms with Crippen LogP contribution in [0.3, 0.4) is 0 Å². The summed E-state index contributed by atoms with van der Waals surface area (Å²) < 4.78 is 4.85. The Morgan fingerprint density at radius 3 is 2.61 bits per heavy atom. The normalized spacial score (nSPS) is 11.0. The molecule has 106 valence electrons. The monoisotopic (exact) mass is 256 g/mol. The molecule has 0 unspecified atom stereocenters. The zero-order valence-electron chi connectivity index (χ0n) is 12.3. The van der Waals surface area contributed by atoms with Crippen molar-refractivity contribution in [2.75, 3.05) is 33.3 Å². The van der Waals surface area contributed by atoms with Crippen molar-refractivity contribution in [3.05, 3.63) is 12.2 Å². The molecule has 4 heteroatoms. The van der Waals surface area contributed by atoms with E-state index in [0.29, 0.717) is 24.8 Å². The van der Waals surface area contributed by atoms with Crippen molar-refractivity contribution in [1.29, 1.82) is 0 Å². The van der Waals surface area contributed by atoms with Crippen LogP contribution in [0.1, 0.15) is 33.6 Å². The van der Waals surface area contributed by atoms with E-state index in [4.69, 9.17) is 4.74 Å². The second-order valence-electron chi connectivity index (χ2n) is 4.78. The van der Waals surface area contributed by atoms with Crippen LogP contribution in [0.15, 0.2) is 12.2 Å². The Kier molecular flexibility index (Phi) is 9.60. The average Bonchev–Trinajstić information content (AvgIpc) is 2.32. The van der Waals surface area contributed by atoms with E-state index in [1.165, 1.54) is 0 Å². The van der Waals surface area contributed by atoms with Crippen LogP contribution >= 0.6 is 0 Å². The molecular formula is C14H28N2O2. The number of ether oxygens (including phenoxy) is 1. The zero-order chi connectivity index (χ0) is 14.0. The Labute approximate surface area is 111 Å². The SMILES string of the molecule is C=C(CNCCCCN(C)C(C)C)C(=O)OCC. The highest BCUT2D eigenvalue weighted by Gasteiger charge is 2.06. The largest absolute Gasteiger partial charge is 0.463 e. The maximum absolute atomic E-state index is 11.3. The summed E-state index contributed by atoms with van der Waals surface area (Å²) in [5.74, 6) is -0.301. The maximum Gasteiger partial charge on any atom is 0.334 e. The molecule has 0 spiro atoms. The van der Waals surface area contributed by atoms with Crippen molar-refractivity contribution in [2.24, 2.45) is 0 Å². The Balaban J connectivity index is 3.46. The van der Waals surface area contributed by atoms with Gasteiger partial charge in [0.15, 0.2) is 0 Å². The number of esters is 1. The summed E-state index contributed by atoms with van der Waals surface area (Å²) in [6.45, 7) is 12.8. The quantitative estimate of drug-likeness (QED) is 0.368. The van der Waals surface area contributed by atoms with Gasteiger partial charge in [-0.25, -0.2) is 4.79 Å². The molecule has 1 N–H and O–H groups in total. The number of carbonyl (C=O) groups excluding carboxylic acids is 1. The molecule has 0 bridgehead atoms. The third-order valence-electron chi connectivity index (χ3n) is 2.90. The number of unbranched alkanes of at least 4 members (excludes halogenated alkanes) is 1. The first-order chi connectivity index (χ1) is 8.49. The highest BCUT2D eigenvalue weighted by Crippen LogP contribution is 1.98. The van der Waals surface area contributed by atoms with Gasteiger partial charge in [0.05, 0.1) is 6.61 Å². The van der Waals surface area contributed by atoms with Gasteiger partial charge in [-0.15, -0.1) is 0 Å². The summed E-state index contributed by atoms with van der Waals surface area (Å²) in [6, 6.07) is 0.599. The van der Waals surface area contributed by atoms with E-state index < -0.39 is 0 Å². The second-order valence-corrected chi connectivity index (χ2v) is 4.78. The fourth-order valence-corrected chi connectivity index (χ4v) is 1.41. The number of nitrogens with zero attached hydrogens (tertiary/aromatic N) is 1. The molecule has 18 heavy (non-hydrogen) atoms. The molecule has 0 rings (SSSR count). The summed E-state index contributed by atoms with van der Waals surface area (Å²) >= 11 is 0. The molecule has 0 aromatic carbocycles. The summed E-state index contributed by atoms with van der Waals surface area (Å²) in [7, 11) is 2.14. The van der Waals surface area contributed by atoms with E-state index >= 15 is 0 Å². The number of nitrogens with one attached hydrogen (secondary N) is 1. The Morgan fingerprint density at radius 1 is 1.39 bits per heavy atom. The summed E-state index contributed by atoms with van der Waals surface area (Å²) in [4.78, 5) is 13.6. The molecule has 0 saturated carbocycles. The van der Waals surface area contributed by atoms with Crippen LogP contribution in [0, 0.1) is 0 Å². The first-order valence-corrected chi connectivity index (χ1v) is 6.74. The van der Waals surface area contributed by atoms with Crippen LogP contribution in [-0.4, -0.2) is 50.2 Å². The van der Waals surface area contributed by atoms with E-state index in [1.807, 2.05) is 0 Å². The summed E-state index contributed by atoms with van der Waals surface area (Å²) in [6.07, 6.45) is 2.26. The highest BCUT2D eigenvalue weighted by molar-refractivity contribution is 5.88. The molecular weight excluding hydrogens is 228 g/mol. The van der Waals surface area contributed by atoms with Crippen molar-refractivity contribution in [3.8, 4) is 0 Å². The second kappa shape index (κ2) is 10.1. The van der Waals surface area contributed by atoms with E-state index in [-0.39, 0.29) is 5.97 Å². The van der Waals surface area contributed by atoms with Crippen molar-refractivity contribution in [2.45, 2.75) is 39.7 Å². The lowest BCUT2D eigenvalue weighted by molar-refractivity contribution is -0.138. The lowest BCUT2D eigenvalue weighted by Gasteiger charge is -2.20. The molecule has 4 nitrogen and oxygen atoms in total. The highest BCUT2D eigenvalue weighted by atomic mass is 16.5. The molecule has 0 aromatic heterocycles. The zero-order valence-corrected chi connectivity index (χ0v) is 12.3. The van der Waals surface area contributed by atoms with Crippen molar-refractivity contribution in [1.82, 2.24) is 10.2 Å². The van der Waals surface area contributed by atoms with Gasteiger partial charge in [-0.2, -0.15) is 0 Å². The number of hydrogen-bond donors (Lipinski definition) is 1. The van der Waals surface area contributed by atoms with Crippen LogP contribution in [0.4, 0.5) is 0 Å². The number of carbonyl (C=O) groups is 1. The fraction of sp³-hybridized carbons (Fsp3) is 0.786. The van der Waals surface area contributed by atoms with Gasteiger partial charge in [-0.1, -0.05) is 6.58 Å². The molecule has 0 aliphatic rings. The lowest BCUT2D eigenvalue weighted by Crippen LogP contribution is -2.28. The van der Waals surface area contributed by atoms with Gasteiger partial charge < -0.3 is 15.0 Å². The third-order valence-corrected chi connectivity index (χ3v) is 2.90. The van der Waals surface area contributed by atoms with Gasteiger partial charge in [0.1, 0.15) is 0 Å². The summed E-state index contributed by atoms with van der Waals surface area (Å²) in [5, 5.41) is 3.21. The minimum Gasteiger partial charge on any atom is -0.463 e. The first kappa shape index (κ1) is 17.1. The third kappa shape index (κ3) is 8.25. The van der Waals surface area contributed by atoms with Crippen molar-refractivity contribution < 1.29 is 9.53 Å². The van der Waals surface area contributed by atoms with Crippen LogP contribution < -0.4 is 5.32 Å². The topological polar surface area (TPSA) is 41.6 Å². The molecule has 0 atom stereocenters. The molecule has 0 radical (unpaired) electrons. The van der Waals surface area contributed by atoms with Crippen LogP contribution in [0.5, 0.6) is 0 Å². The predicted octanol–water partition coefficient (Wildman–Crippen LogP) is 1.82. The number of hydrogen-bond acceptors (Lipinski definition) is 4. The van der Waals surface area contributed by atoms with Gasteiger partial charge in [-0.3, -0.25) is 0 Å². The molecule has 0 aromatic rings. The van der Waals surface area contributed by atoms with Crippen molar-refractivity contribution in [3.63, 3.8) is 0 Å². The maximum atomic E-state index is 11.3.